The topological polar surface area (TPSA) is 32.8 Å². The molecule has 1 N–H and O–H groups in total. The Morgan fingerprint density at radius 2 is 1.94 bits per heavy atom. The summed E-state index contributed by atoms with van der Waals surface area (Å²) in [4.78, 5) is 0. The molecule has 6 atom stereocenters. The van der Waals surface area contributed by atoms with Crippen LogP contribution in [0.5, 0.6) is 0 Å². The number of hydrogen-bond donors (Lipinski definition) is 1. The van der Waals surface area contributed by atoms with Gasteiger partial charge in [-0.15, -0.1) is 0 Å². The zero-order valence-electron chi connectivity index (χ0n) is 11.6. The summed E-state index contributed by atoms with van der Waals surface area (Å²) in [7, 11) is 0. The van der Waals surface area contributed by atoms with Gasteiger partial charge in [-0.25, -0.2) is 0 Å². The van der Waals surface area contributed by atoms with Crippen LogP contribution in [-0.4, -0.2) is 22.4 Å². The van der Waals surface area contributed by atoms with E-state index in [2.05, 4.69) is 27.7 Å². The summed E-state index contributed by atoms with van der Waals surface area (Å²) < 4.78 is 5.97. The fourth-order valence-corrected chi connectivity index (χ4v) is 4.58. The fraction of sp³-hybridized carbons (Fsp3) is 1.00. The van der Waals surface area contributed by atoms with Crippen LogP contribution in [0, 0.1) is 23.7 Å². The van der Waals surface area contributed by atoms with Gasteiger partial charge in [-0.2, -0.15) is 0 Å². The lowest BCUT2D eigenvalue weighted by Crippen LogP contribution is -2.57. The number of epoxide rings is 1. The smallest absolute Gasteiger partial charge is 0.0929 e. The van der Waals surface area contributed by atoms with Crippen LogP contribution in [0.15, 0.2) is 0 Å². The molecular weight excluding hydrogens is 212 g/mol. The monoisotopic (exact) mass is 238 g/mol. The molecule has 6 unspecified atom stereocenters. The summed E-state index contributed by atoms with van der Waals surface area (Å²) in [6, 6.07) is 0. The molecule has 3 fully saturated rings. The zero-order chi connectivity index (χ0) is 12.4. The van der Waals surface area contributed by atoms with E-state index in [0.717, 1.165) is 12.8 Å². The molecule has 1 saturated heterocycles. The third-order valence-electron chi connectivity index (χ3n) is 5.97. The number of fused-ring (bicyclic) bond motifs is 3. The Balaban J connectivity index is 1.94. The van der Waals surface area contributed by atoms with Crippen molar-refractivity contribution in [2.45, 2.75) is 70.7 Å². The maximum Gasteiger partial charge on any atom is 0.0929 e. The van der Waals surface area contributed by atoms with E-state index in [4.69, 9.17) is 4.74 Å². The van der Waals surface area contributed by atoms with Gasteiger partial charge in [-0.1, -0.05) is 20.8 Å². The van der Waals surface area contributed by atoms with Crippen molar-refractivity contribution in [2.24, 2.45) is 23.7 Å². The molecule has 0 radical (unpaired) electrons. The maximum atomic E-state index is 11.1. The lowest BCUT2D eigenvalue weighted by molar-refractivity contribution is -0.140. The molecule has 2 saturated carbocycles. The standard InChI is InChI=1S/C15H26O2/c1-9(2)11-6-5-10(3)15(16)8-7-14(4)13(17-14)12(11)15/h9-13,16H,5-8H2,1-4H3. The van der Waals surface area contributed by atoms with Crippen LogP contribution in [0.25, 0.3) is 0 Å². The maximum absolute atomic E-state index is 11.1. The summed E-state index contributed by atoms with van der Waals surface area (Å²) in [6.07, 6.45) is 4.76. The van der Waals surface area contributed by atoms with Gasteiger partial charge in [0.25, 0.3) is 0 Å². The van der Waals surface area contributed by atoms with Gasteiger partial charge in [0.15, 0.2) is 0 Å². The van der Waals surface area contributed by atoms with Crippen LogP contribution in [0.4, 0.5) is 0 Å². The molecule has 3 aliphatic rings. The van der Waals surface area contributed by atoms with E-state index < -0.39 is 5.60 Å². The lowest BCUT2D eigenvalue weighted by Gasteiger charge is -2.52. The number of rotatable bonds is 1. The second-order valence-corrected chi connectivity index (χ2v) is 7.25. The summed E-state index contributed by atoms with van der Waals surface area (Å²) in [6.45, 7) is 9.06. The minimum atomic E-state index is -0.451. The van der Waals surface area contributed by atoms with Crippen molar-refractivity contribution < 1.29 is 9.84 Å². The minimum absolute atomic E-state index is 0.0983. The second-order valence-electron chi connectivity index (χ2n) is 7.25. The molecule has 3 rings (SSSR count). The highest BCUT2D eigenvalue weighted by Crippen LogP contribution is 2.61. The van der Waals surface area contributed by atoms with E-state index in [-0.39, 0.29) is 5.60 Å². The Hall–Kier alpha value is -0.0800. The van der Waals surface area contributed by atoms with Gasteiger partial charge in [-0.05, 0) is 50.4 Å². The van der Waals surface area contributed by atoms with Crippen LogP contribution in [-0.2, 0) is 4.74 Å². The van der Waals surface area contributed by atoms with Crippen LogP contribution in [0.1, 0.15) is 53.4 Å². The first kappa shape index (κ1) is 12.0. The fourth-order valence-electron chi connectivity index (χ4n) is 4.58. The first-order chi connectivity index (χ1) is 7.88. The van der Waals surface area contributed by atoms with Crippen LogP contribution in [0.2, 0.25) is 0 Å². The second kappa shape index (κ2) is 3.48. The molecule has 0 spiro atoms. The molecule has 2 nitrogen and oxygen atoms in total. The van der Waals surface area contributed by atoms with Crippen LogP contribution >= 0.6 is 0 Å². The molecular formula is C15H26O2. The normalized spacial score (nSPS) is 57.5. The molecule has 0 aromatic rings. The third-order valence-corrected chi connectivity index (χ3v) is 5.97. The third kappa shape index (κ3) is 1.53. The van der Waals surface area contributed by atoms with Gasteiger partial charge in [0.05, 0.1) is 17.3 Å². The summed E-state index contributed by atoms with van der Waals surface area (Å²) in [5, 5.41) is 11.1. The molecule has 0 bridgehead atoms. The van der Waals surface area contributed by atoms with Crippen molar-refractivity contribution in [3.05, 3.63) is 0 Å². The first-order valence-corrected chi connectivity index (χ1v) is 7.29. The number of hydrogen-bond acceptors (Lipinski definition) is 2. The Bertz CT molecular complexity index is 327. The Kier molecular flexibility index (Phi) is 2.45. The van der Waals surface area contributed by atoms with Gasteiger partial charge in [0.1, 0.15) is 0 Å². The van der Waals surface area contributed by atoms with Gasteiger partial charge >= 0.3 is 0 Å². The number of ether oxygens (including phenoxy) is 1. The highest BCUT2D eigenvalue weighted by Gasteiger charge is 2.68. The van der Waals surface area contributed by atoms with Crippen molar-refractivity contribution in [3.63, 3.8) is 0 Å². The Morgan fingerprint density at radius 3 is 2.59 bits per heavy atom. The van der Waals surface area contributed by atoms with E-state index in [1.807, 2.05) is 0 Å². The average molecular weight is 238 g/mol. The van der Waals surface area contributed by atoms with Crippen molar-refractivity contribution >= 4 is 0 Å². The van der Waals surface area contributed by atoms with E-state index in [0.29, 0.717) is 29.8 Å². The van der Waals surface area contributed by atoms with Crippen molar-refractivity contribution in [1.82, 2.24) is 0 Å². The summed E-state index contributed by atoms with van der Waals surface area (Å²) in [5.41, 5.74) is -0.352. The lowest BCUT2D eigenvalue weighted by atomic mass is 9.55. The number of aliphatic hydroxyl groups is 1. The summed E-state index contributed by atoms with van der Waals surface area (Å²) >= 11 is 0. The highest BCUT2D eigenvalue weighted by molar-refractivity contribution is 5.17. The van der Waals surface area contributed by atoms with Gasteiger partial charge in [0, 0.05) is 5.92 Å². The molecule has 1 aliphatic heterocycles. The first-order valence-electron chi connectivity index (χ1n) is 7.29. The van der Waals surface area contributed by atoms with Crippen molar-refractivity contribution in [2.75, 3.05) is 0 Å². The van der Waals surface area contributed by atoms with Crippen molar-refractivity contribution in [3.8, 4) is 0 Å². The van der Waals surface area contributed by atoms with Gasteiger partial charge < -0.3 is 9.84 Å². The van der Waals surface area contributed by atoms with E-state index in [1.54, 1.807) is 0 Å². The minimum Gasteiger partial charge on any atom is -0.389 e. The van der Waals surface area contributed by atoms with Crippen molar-refractivity contribution in [1.29, 1.82) is 0 Å². The Labute approximate surface area is 105 Å². The summed E-state index contributed by atoms with van der Waals surface area (Å²) in [5.74, 6) is 2.12. The highest BCUT2D eigenvalue weighted by atomic mass is 16.6. The molecule has 0 aromatic heterocycles. The average Bonchev–Trinajstić information content (AvgIpc) is 2.92. The van der Waals surface area contributed by atoms with Gasteiger partial charge in [0.2, 0.25) is 0 Å². The molecule has 0 aromatic carbocycles. The molecule has 2 heteroatoms. The molecule has 2 aliphatic carbocycles. The van der Waals surface area contributed by atoms with Gasteiger partial charge in [-0.3, -0.25) is 0 Å². The predicted molar refractivity (Wildman–Crippen MR) is 67.7 cm³/mol. The van der Waals surface area contributed by atoms with E-state index >= 15 is 0 Å². The molecule has 98 valence electrons. The quantitative estimate of drug-likeness (QED) is 0.712. The van der Waals surface area contributed by atoms with Crippen LogP contribution in [0.3, 0.4) is 0 Å². The van der Waals surface area contributed by atoms with E-state index in [9.17, 15) is 5.11 Å². The largest absolute Gasteiger partial charge is 0.389 e. The van der Waals surface area contributed by atoms with E-state index in [1.165, 1.54) is 12.8 Å². The predicted octanol–water partition coefficient (Wildman–Crippen LogP) is 2.99. The molecule has 0 amide bonds. The molecule has 17 heavy (non-hydrogen) atoms. The van der Waals surface area contributed by atoms with Crippen LogP contribution < -0.4 is 0 Å². The zero-order valence-corrected chi connectivity index (χ0v) is 11.6. The SMILES string of the molecule is CC(C)C1CCC(C)C2(O)CCC3(C)OC3C12. The Morgan fingerprint density at radius 1 is 1.24 bits per heavy atom. The molecule has 1 heterocycles.